The summed E-state index contributed by atoms with van der Waals surface area (Å²) >= 11 is 0. The van der Waals surface area contributed by atoms with Crippen LogP contribution in [0.3, 0.4) is 0 Å². The summed E-state index contributed by atoms with van der Waals surface area (Å²) < 4.78 is 7.42. The molecule has 2 aromatic heterocycles. The number of carbonyl (C=O) groups excluding carboxylic acids is 1. The van der Waals surface area contributed by atoms with Crippen molar-refractivity contribution in [2.45, 2.75) is 65.6 Å². The van der Waals surface area contributed by atoms with Crippen LogP contribution in [0.2, 0.25) is 0 Å². The molecule has 0 atom stereocenters. The van der Waals surface area contributed by atoms with Gasteiger partial charge in [-0.25, -0.2) is 0 Å². The molecule has 1 aliphatic carbocycles. The highest BCUT2D eigenvalue weighted by Gasteiger charge is 2.24. The van der Waals surface area contributed by atoms with Crippen LogP contribution >= 0.6 is 0 Å². The molecule has 1 N–H and O–H groups in total. The van der Waals surface area contributed by atoms with Gasteiger partial charge in [-0.15, -0.1) is 0 Å². The van der Waals surface area contributed by atoms with Gasteiger partial charge in [-0.2, -0.15) is 5.10 Å². The van der Waals surface area contributed by atoms with Gasteiger partial charge in [0, 0.05) is 31.7 Å². The number of amides is 1. The number of hydrogen-bond acceptors (Lipinski definition) is 5. The molecule has 146 valence electrons. The van der Waals surface area contributed by atoms with Crippen LogP contribution in [-0.2, 0) is 32.5 Å². The van der Waals surface area contributed by atoms with Gasteiger partial charge in [0.05, 0.1) is 23.6 Å². The summed E-state index contributed by atoms with van der Waals surface area (Å²) in [6.45, 7) is 9.01. The molecule has 2 aromatic rings. The third-order valence-electron chi connectivity index (χ3n) is 5.36. The molecule has 27 heavy (non-hydrogen) atoms. The molecule has 1 amide bonds. The molecular formula is C20H29N5O2. The van der Waals surface area contributed by atoms with Crippen LogP contribution in [0.1, 0.15) is 66.3 Å². The molecule has 7 heteroatoms. The number of aryl methyl sites for hydroxylation is 2. The average molecular weight is 371 g/mol. The molecule has 0 saturated heterocycles. The van der Waals surface area contributed by atoms with Gasteiger partial charge < -0.3 is 9.84 Å². The summed E-state index contributed by atoms with van der Waals surface area (Å²) in [6, 6.07) is 2.12. The standard InChI is InChI=1S/C20H29N5O2/c1-14(2)12-24-8-5-9-25-16(13-24)10-15(22-25)11-21-20(26)19-17-6-3-4-7-18(17)23-27-19/h10,14H,3-9,11-13H2,1-2H3,(H,21,26). The highest BCUT2D eigenvalue weighted by Crippen LogP contribution is 2.24. The van der Waals surface area contributed by atoms with Gasteiger partial charge in [0.25, 0.3) is 5.91 Å². The van der Waals surface area contributed by atoms with Crippen LogP contribution in [-0.4, -0.2) is 38.8 Å². The van der Waals surface area contributed by atoms with Crippen molar-refractivity contribution in [2.24, 2.45) is 5.92 Å². The zero-order chi connectivity index (χ0) is 18.8. The number of nitrogens with one attached hydrogen (secondary N) is 1. The summed E-state index contributed by atoms with van der Waals surface area (Å²) in [5.41, 5.74) is 4.07. The second-order valence-corrected chi connectivity index (χ2v) is 8.16. The Balaban J connectivity index is 1.39. The first-order chi connectivity index (χ1) is 13.1. The van der Waals surface area contributed by atoms with Crippen molar-refractivity contribution < 1.29 is 9.32 Å². The fraction of sp³-hybridized carbons (Fsp3) is 0.650. The Hall–Kier alpha value is -2.15. The summed E-state index contributed by atoms with van der Waals surface area (Å²) in [4.78, 5) is 15.0. The van der Waals surface area contributed by atoms with E-state index in [1.54, 1.807) is 0 Å². The van der Waals surface area contributed by atoms with Crippen LogP contribution in [0.5, 0.6) is 0 Å². The van der Waals surface area contributed by atoms with Gasteiger partial charge in [-0.3, -0.25) is 14.4 Å². The van der Waals surface area contributed by atoms with E-state index < -0.39 is 0 Å². The molecule has 2 aliphatic rings. The molecule has 0 radical (unpaired) electrons. The molecule has 3 heterocycles. The van der Waals surface area contributed by atoms with Crippen molar-refractivity contribution in [3.63, 3.8) is 0 Å². The summed E-state index contributed by atoms with van der Waals surface area (Å²) in [6.07, 6.45) is 5.11. The van der Waals surface area contributed by atoms with E-state index in [2.05, 4.69) is 40.0 Å². The molecule has 1 aliphatic heterocycles. The second-order valence-electron chi connectivity index (χ2n) is 8.16. The van der Waals surface area contributed by atoms with Crippen LogP contribution in [0.4, 0.5) is 0 Å². The first-order valence-electron chi connectivity index (χ1n) is 10.1. The largest absolute Gasteiger partial charge is 0.350 e. The Labute approximate surface area is 160 Å². The van der Waals surface area contributed by atoms with E-state index in [1.165, 1.54) is 5.69 Å². The van der Waals surface area contributed by atoms with Crippen molar-refractivity contribution in [1.82, 2.24) is 25.2 Å². The first-order valence-corrected chi connectivity index (χ1v) is 10.1. The molecule has 0 fully saturated rings. The zero-order valence-corrected chi connectivity index (χ0v) is 16.3. The number of carbonyl (C=O) groups is 1. The number of rotatable bonds is 5. The van der Waals surface area contributed by atoms with Crippen molar-refractivity contribution in [3.8, 4) is 0 Å². The predicted molar refractivity (Wildman–Crippen MR) is 101 cm³/mol. The summed E-state index contributed by atoms with van der Waals surface area (Å²) in [5.74, 6) is 0.856. The second kappa shape index (κ2) is 7.84. The first kappa shape index (κ1) is 18.2. The quantitative estimate of drug-likeness (QED) is 0.874. The minimum Gasteiger partial charge on any atom is -0.350 e. The Morgan fingerprint density at radius 2 is 2.11 bits per heavy atom. The maximum atomic E-state index is 12.5. The average Bonchev–Trinajstić information content (AvgIpc) is 3.19. The number of fused-ring (bicyclic) bond motifs is 2. The minimum atomic E-state index is -0.185. The lowest BCUT2D eigenvalue weighted by Crippen LogP contribution is -2.27. The van der Waals surface area contributed by atoms with Gasteiger partial charge in [0.15, 0.2) is 0 Å². The summed E-state index contributed by atoms with van der Waals surface area (Å²) in [7, 11) is 0. The van der Waals surface area contributed by atoms with Crippen LogP contribution in [0.25, 0.3) is 0 Å². The van der Waals surface area contributed by atoms with Crippen molar-refractivity contribution >= 4 is 5.91 Å². The maximum absolute atomic E-state index is 12.5. The fourth-order valence-electron chi connectivity index (χ4n) is 4.17. The highest BCUT2D eigenvalue weighted by molar-refractivity contribution is 5.93. The van der Waals surface area contributed by atoms with Gasteiger partial charge >= 0.3 is 0 Å². The molecule has 0 spiro atoms. The molecule has 0 saturated carbocycles. The fourth-order valence-corrected chi connectivity index (χ4v) is 4.17. The van der Waals surface area contributed by atoms with Gasteiger partial charge in [0.2, 0.25) is 5.76 Å². The van der Waals surface area contributed by atoms with Crippen molar-refractivity contribution in [3.05, 3.63) is 34.5 Å². The molecular weight excluding hydrogens is 342 g/mol. The smallest absolute Gasteiger partial charge is 0.290 e. The van der Waals surface area contributed by atoms with Crippen molar-refractivity contribution in [1.29, 1.82) is 0 Å². The van der Waals surface area contributed by atoms with Crippen LogP contribution in [0, 0.1) is 5.92 Å². The number of hydrogen-bond donors (Lipinski definition) is 1. The molecule has 0 aromatic carbocycles. The Morgan fingerprint density at radius 3 is 2.96 bits per heavy atom. The van der Waals surface area contributed by atoms with E-state index in [9.17, 15) is 4.79 Å². The molecule has 0 unspecified atom stereocenters. The SMILES string of the molecule is CC(C)CN1CCCn2nc(CNC(=O)c3onc4c3CCCC4)cc2C1. The number of nitrogens with zero attached hydrogens (tertiary/aromatic N) is 4. The van der Waals surface area contributed by atoms with E-state index in [0.29, 0.717) is 18.2 Å². The predicted octanol–water partition coefficient (Wildman–Crippen LogP) is 2.54. The molecule has 4 rings (SSSR count). The Bertz CT molecular complexity index is 807. The van der Waals surface area contributed by atoms with E-state index in [4.69, 9.17) is 9.62 Å². The monoisotopic (exact) mass is 371 g/mol. The third kappa shape index (κ3) is 4.08. The van der Waals surface area contributed by atoms with Gasteiger partial charge in [0.1, 0.15) is 0 Å². The molecule has 7 nitrogen and oxygen atoms in total. The van der Waals surface area contributed by atoms with Gasteiger partial charge in [-0.05, 0) is 44.1 Å². The minimum absolute atomic E-state index is 0.185. The number of aromatic nitrogens is 3. The van der Waals surface area contributed by atoms with E-state index in [-0.39, 0.29) is 5.91 Å². The summed E-state index contributed by atoms with van der Waals surface area (Å²) in [5, 5.41) is 11.7. The van der Waals surface area contributed by atoms with Crippen molar-refractivity contribution in [2.75, 3.05) is 13.1 Å². The Kier molecular flexibility index (Phi) is 5.29. The lowest BCUT2D eigenvalue weighted by Gasteiger charge is -2.21. The lowest BCUT2D eigenvalue weighted by molar-refractivity contribution is 0.0912. The maximum Gasteiger partial charge on any atom is 0.290 e. The molecule has 0 bridgehead atoms. The van der Waals surface area contributed by atoms with Crippen LogP contribution < -0.4 is 5.32 Å². The van der Waals surface area contributed by atoms with Crippen LogP contribution in [0.15, 0.2) is 10.6 Å². The Morgan fingerprint density at radius 1 is 1.26 bits per heavy atom. The highest BCUT2D eigenvalue weighted by atomic mass is 16.5. The van der Waals surface area contributed by atoms with Gasteiger partial charge in [-0.1, -0.05) is 19.0 Å². The lowest BCUT2D eigenvalue weighted by atomic mass is 9.96. The zero-order valence-electron chi connectivity index (χ0n) is 16.3. The third-order valence-corrected chi connectivity index (χ3v) is 5.36. The van der Waals surface area contributed by atoms with E-state index in [0.717, 1.165) is 75.2 Å². The van der Waals surface area contributed by atoms with E-state index in [1.807, 2.05) is 0 Å². The topological polar surface area (TPSA) is 76.2 Å². The normalized spacial score (nSPS) is 17.4. The van der Waals surface area contributed by atoms with E-state index >= 15 is 0 Å².